The molecule has 1 heterocycles. The molecule has 0 saturated carbocycles. The molecule has 0 aliphatic heterocycles. The molecule has 7 heteroatoms. The molecule has 134 valence electrons. The monoisotopic (exact) mass is 372 g/mol. The van der Waals surface area contributed by atoms with Crippen LogP contribution in [0.5, 0.6) is 5.75 Å². The summed E-state index contributed by atoms with van der Waals surface area (Å²) in [4.78, 5) is 11.9. The zero-order valence-electron chi connectivity index (χ0n) is 14.4. The topological polar surface area (TPSA) is 74.5 Å². The molecule has 26 heavy (non-hydrogen) atoms. The van der Waals surface area contributed by atoms with E-state index < -0.39 is 5.97 Å². The van der Waals surface area contributed by atoms with Crippen LogP contribution in [-0.2, 0) is 16.1 Å². The van der Waals surface area contributed by atoms with Gasteiger partial charge in [0.15, 0.2) is 13.2 Å². The molecular weight excluding hydrogens is 356 g/mol. The van der Waals surface area contributed by atoms with Crippen LogP contribution in [0.2, 0.25) is 5.02 Å². The minimum atomic E-state index is -0.529. The number of hydrogen-bond donors (Lipinski definition) is 0. The molecule has 0 aliphatic carbocycles. The van der Waals surface area contributed by atoms with Gasteiger partial charge in [-0.25, -0.2) is 4.79 Å². The summed E-state index contributed by atoms with van der Waals surface area (Å²) in [6.45, 7) is 3.40. The maximum absolute atomic E-state index is 11.9. The number of benzene rings is 2. The third-order valence-corrected chi connectivity index (χ3v) is 3.82. The van der Waals surface area contributed by atoms with Crippen molar-refractivity contribution in [3.8, 4) is 17.2 Å². The SMILES string of the molecule is Cc1cc(Cl)cc(C)c1OCC(=O)OCc1nnc(-c2ccccc2)o1. The van der Waals surface area contributed by atoms with Crippen LogP contribution in [0, 0.1) is 13.8 Å². The molecule has 3 aromatic rings. The maximum atomic E-state index is 11.9. The van der Waals surface area contributed by atoms with Gasteiger partial charge in [0.2, 0.25) is 5.89 Å². The van der Waals surface area contributed by atoms with E-state index in [0.29, 0.717) is 16.7 Å². The fourth-order valence-electron chi connectivity index (χ4n) is 2.45. The van der Waals surface area contributed by atoms with Gasteiger partial charge in [0, 0.05) is 10.6 Å². The molecule has 3 rings (SSSR count). The first-order valence-electron chi connectivity index (χ1n) is 7.96. The molecule has 2 aromatic carbocycles. The van der Waals surface area contributed by atoms with Gasteiger partial charge < -0.3 is 13.9 Å². The number of aryl methyl sites for hydroxylation is 2. The Kier molecular flexibility index (Phi) is 5.53. The molecule has 0 bridgehead atoms. The highest BCUT2D eigenvalue weighted by Gasteiger charge is 2.13. The summed E-state index contributed by atoms with van der Waals surface area (Å²) >= 11 is 5.98. The van der Waals surface area contributed by atoms with E-state index in [1.807, 2.05) is 44.2 Å². The normalized spacial score (nSPS) is 10.6. The number of carbonyl (C=O) groups excluding carboxylic acids is 1. The average Bonchev–Trinajstić information content (AvgIpc) is 3.09. The summed E-state index contributed by atoms with van der Waals surface area (Å²) in [5.74, 6) is 0.685. The number of carbonyl (C=O) groups is 1. The van der Waals surface area contributed by atoms with Gasteiger partial charge in [-0.1, -0.05) is 29.8 Å². The Balaban J connectivity index is 1.53. The van der Waals surface area contributed by atoms with Crippen LogP contribution < -0.4 is 4.74 Å². The summed E-state index contributed by atoms with van der Waals surface area (Å²) in [6, 6.07) is 12.9. The number of esters is 1. The molecule has 6 nitrogen and oxygen atoms in total. The van der Waals surface area contributed by atoms with E-state index in [9.17, 15) is 4.79 Å². The number of halogens is 1. The molecule has 0 N–H and O–H groups in total. The second-order valence-corrected chi connectivity index (χ2v) is 6.12. The average molecular weight is 373 g/mol. The Morgan fingerprint density at radius 1 is 1.12 bits per heavy atom. The Morgan fingerprint density at radius 3 is 2.50 bits per heavy atom. The van der Waals surface area contributed by atoms with Crippen LogP contribution >= 0.6 is 11.6 Å². The van der Waals surface area contributed by atoms with Crippen LogP contribution in [0.1, 0.15) is 17.0 Å². The second kappa shape index (κ2) is 8.01. The van der Waals surface area contributed by atoms with Crippen LogP contribution in [0.15, 0.2) is 46.9 Å². The van der Waals surface area contributed by atoms with Gasteiger partial charge in [0.25, 0.3) is 5.89 Å². The number of hydrogen-bond acceptors (Lipinski definition) is 6. The van der Waals surface area contributed by atoms with Crippen molar-refractivity contribution >= 4 is 17.6 Å². The molecule has 0 amide bonds. The van der Waals surface area contributed by atoms with E-state index in [-0.39, 0.29) is 19.1 Å². The second-order valence-electron chi connectivity index (χ2n) is 5.69. The summed E-state index contributed by atoms with van der Waals surface area (Å²) in [5, 5.41) is 8.43. The molecule has 0 fully saturated rings. The third kappa shape index (κ3) is 4.40. The first-order chi connectivity index (χ1) is 12.5. The van der Waals surface area contributed by atoms with Gasteiger partial charge in [-0.2, -0.15) is 0 Å². The van der Waals surface area contributed by atoms with Gasteiger partial charge in [0.05, 0.1) is 0 Å². The summed E-state index contributed by atoms with van der Waals surface area (Å²) in [7, 11) is 0. The van der Waals surface area contributed by atoms with Crippen molar-refractivity contribution in [1.29, 1.82) is 0 Å². The predicted molar refractivity (Wildman–Crippen MR) is 96.0 cm³/mol. The first kappa shape index (κ1) is 17.9. The smallest absolute Gasteiger partial charge is 0.344 e. The van der Waals surface area contributed by atoms with E-state index in [0.717, 1.165) is 16.7 Å². The molecule has 0 spiro atoms. The van der Waals surface area contributed by atoms with Crippen molar-refractivity contribution in [3.05, 3.63) is 64.5 Å². The fourth-order valence-corrected chi connectivity index (χ4v) is 2.78. The lowest BCUT2D eigenvalue weighted by Gasteiger charge is -2.11. The van der Waals surface area contributed by atoms with Gasteiger partial charge >= 0.3 is 5.97 Å². The standard InChI is InChI=1S/C19H17ClN2O4/c1-12-8-15(20)9-13(2)18(12)25-11-17(23)24-10-16-21-22-19(26-16)14-6-4-3-5-7-14/h3-9H,10-11H2,1-2H3. The molecule has 0 radical (unpaired) electrons. The van der Waals surface area contributed by atoms with Crippen molar-refractivity contribution < 1.29 is 18.7 Å². The van der Waals surface area contributed by atoms with E-state index in [4.69, 9.17) is 25.5 Å². The molecule has 0 saturated heterocycles. The molecule has 0 atom stereocenters. The minimum Gasteiger partial charge on any atom is -0.481 e. The van der Waals surface area contributed by atoms with Crippen LogP contribution in [0.3, 0.4) is 0 Å². The van der Waals surface area contributed by atoms with Crippen LogP contribution in [0.25, 0.3) is 11.5 Å². The van der Waals surface area contributed by atoms with Crippen molar-refractivity contribution in [2.75, 3.05) is 6.61 Å². The summed E-state index contributed by atoms with van der Waals surface area (Å²) in [6.07, 6.45) is 0. The van der Waals surface area contributed by atoms with Gasteiger partial charge in [-0.3, -0.25) is 0 Å². The van der Waals surface area contributed by atoms with E-state index in [2.05, 4.69) is 10.2 Å². The minimum absolute atomic E-state index is 0.111. The highest BCUT2D eigenvalue weighted by atomic mass is 35.5. The van der Waals surface area contributed by atoms with Crippen molar-refractivity contribution in [2.24, 2.45) is 0 Å². The van der Waals surface area contributed by atoms with Gasteiger partial charge in [0.1, 0.15) is 5.75 Å². The zero-order valence-corrected chi connectivity index (χ0v) is 15.1. The lowest BCUT2D eigenvalue weighted by Crippen LogP contribution is -2.15. The Bertz CT molecular complexity index is 886. The lowest BCUT2D eigenvalue weighted by molar-refractivity contribution is -0.148. The van der Waals surface area contributed by atoms with Crippen LogP contribution in [-0.4, -0.2) is 22.8 Å². The highest BCUT2D eigenvalue weighted by molar-refractivity contribution is 6.30. The molecule has 0 aliphatic rings. The number of rotatable bonds is 6. The van der Waals surface area contributed by atoms with Crippen molar-refractivity contribution in [1.82, 2.24) is 10.2 Å². The number of ether oxygens (including phenoxy) is 2. The quantitative estimate of drug-likeness (QED) is 0.606. The first-order valence-corrected chi connectivity index (χ1v) is 8.33. The number of aromatic nitrogens is 2. The van der Waals surface area contributed by atoms with Crippen molar-refractivity contribution in [3.63, 3.8) is 0 Å². The van der Waals surface area contributed by atoms with Gasteiger partial charge in [-0.15, -0.1) is 10.2 Å². The Labute approximate surface area is 155 Å². The van der Waals surface area contributed by atoms with E-state index >= 15 is 0 Å². The number of nitrogens with zero attached hydrogens (tertiary/aromatic N) is 2. The highest BCUT2D eigenvalue weighted by Crippen LogP contribution is 2.27. The molecular formula is C19H17ClN2O4. The zero-order chi connectivity index (χ0) is 18.5. The maximum Gasteiger partial charge on any atom is 0.344 e. The largest absolute Gasteiger partial charge is 0.481 e. The predicted octanol–water partition coefficient (Wildman–Crippen LogP) is 4.13. The van der Waals surface area contributed by atoms with Crippen LogP contribution in [0.4, 0.5) is 0 Å². The van der Waals surface area contributed by atoms with E-state index in [1.165, 1.54) is 0 Å². The van der Waals surface area contributed by atoms with E-state index in [1.54, 1.807) is 12.1 Å². The Morgan fingerprint density at radius 2 is 1.81 bits per heavy atom. The summed E-state index contributed by atoms with van der Waals surface area (Å²) < 4.78 is 16.1. The fraction of sp³-hybridized carbons (Fsp3) is 0.211. The molecule has 1 aromatic heterocycles. The van der Waals surface area contributed by atoms with Crippen molar-refractivity contribution in [2.45, 2.75) is 20.5 Å². The summed E-state index contributed by atoms with van der Waals surface area (Å²) in [5.41, 5.74) is 2.51. The molecule has 0 unspecified atom stereocenters. The lowest BCUT2D eigenvalue weighted by atomic mass is 10.1. The van der Waals surface area contributed by atoms with Gasteiger partial charge in [-0.05, 0) is 49.2 Å². The Hall–Kier alpha value is -2.86. The third-order valence-electron chi connectivity index (χ3n) is 3.60.